The third-order valence-electron chi connectivity index (χ3n) is 9.97. The van der Waals surface area contributed by atoms with Crippen molar-refractivity contribution in [3.05, 3.63) is 175 Å². The van der Waals surface area contributed by atoms with Crippen molar-refractivity contribution in [3.63, 3.8) is 0 Å². The first-order chi connectivity index (χ1) is 23.8. The third kappa shape index (κ3) is 3.79. The van der Waals surface area contributed by atoms with Gasteiger partial charge in [-0.05, 0) is 62.2 Å². The molecule has 0 bridgehead atoms. The lowest BCUT2D eigenvalue weighted by molar-refractivity contribution is 1.18. The lowest BCUT2D eigenvalue weighted by atomic mass is 9.93. The topological polar surface area (TPSA) is 52.5 Å². The zero-order valence-corrected chi connectivity index (χ0v) is 26.9. The normalized spacial score (nSPS) is 12.7. The second kappa shape index (κ2) is 10.8. The molecule has 0 atom stereocenters. The van der Waals surface area contributed by atoms with Gasteiger partial charge in [-0.2, -0.15) is 10.5 Å². The van der Waals surface area contributed by atoms with Gasteiger partial charge in [-0.25, -0.2) is 0 Å². The molecular weight excluding hydrogens is 599 g/mol. The van der Waals surface area contributed by atoms with E-state index in [2.05, 4.69) is 150 Å². The molecule has 0 saturated heterocycles. The summed E-state index contributed by atoms with van der Waals surface area (Å²) in [6.45, 7) is 0. The third-order valence-corrected chi connectivity index (χ3v) is 14.8. The second-order valence-corrected chi connectivity index (χ2v) is 16.0. The molecule has 0 aliphatic carbocycles. The maximum absolute atomic E-state index is 10.2. The molecule has 1 aliphatic rings. The van der Waals surface area contributed by atoms with Crippen LogP contribution in [0.3, 0.4) is 0 Å². The second-order valence-electron chi connectivity index (χ2n) is 12.3. The largest absolute Gasteiger partial charge is 0.309 e. The fourth-order valence-corrected chi connectivity index (χ4v) is 13.3. The molecule has 0 saturated carbocycles. The highest BCUT2D eigenvalue weighted by Crippen LogP contribution is 2.41. The molecule has 8 aromatic rings. The van der Waals surface area contributed by atoms with E-state index in [1.165, 1.54) is 31.9 Å². The molecule has 48 heavy (non-hydrogen) atoms. The first kappa shape index (κ1) is 27.8. The lowest BCUT2D eigenvalue weighted by Gasteiger charge is -2.31. The van der Waals surface area contributed by atoms with Gasteiger partial charge in [0.05, 0.1) is 34.3 Å². The average Bonchev–Trinajstić information content (AvgIpc) is 3.66. The van der Waals surface area contributed by atoms with Crippen LogP contribution >= 0.6 is 0 Å². The van der Waals surface area contributed by atoms with Crippen LogP contribution in [0.5, 0.6) is 0 Å². The van der Waals surface area contributed by atoms with Crippen molar-refractivity contribution in [1.29, 1.82) is 10.5 Å². The van der Waals surface area contributed by atoms with Crippen molar-refractivity contribution < 1.29 is 0 Å². The molecular formula is C44H27N3Si. The number of nitrogens with zero attached hydrogens (tertiary/aromatic N) is 3. The molecule has 3 nitrogen and oxygen atoms in total. The highest BCUT2D eigenvalue weighted by molar-refractivity contribution is 7.22. The Morgan fingerprint density at radius 1 is 0.458 bits per heavy atom. The maximum atomic E-state index is 10.2. The van der Waals surface area contributed by atoms with Crippen LogP contribution in [0.1, 0.15) is 11.1 Å². The van der Waals surface area contributed by atoms with Gasteiger partial charge in [0.25, 0.3) is 0 Å². The van der Waals surface area contributed by atoms with Crippen LogP contribution in [0, 0.1) is 22.7 Å². The van der Waals surface area contributed by atoms with Gasteiger partial charge in [-0.3, -0.25) is 0 Å². The minimum Gasteiger partial charge on any atom is -0.309 e. The van der Waals surface area contributed by atoms with Gasteiger partial charge in [0, 0.05) is 27.6 Å². The monoisotopic (exact) mass is 625 g/mol. The summed E-state index contributed by atoms with van der Waals surface area (Å²) < 4.78 is 2.34. The minimum absolute atomic E-state index is 0.488. The van der Waals surface area contributed by atoms with E-state index in [0.717, 1.165) is 33.1 Å². The molecule has 0 unspecified atom stereocenters. The van der Waals surface area contributed by atoms with Crippen molar-refractivity contribution in [2.75, 3.05) is 0 Å². The Bertz CT molecular complexity index is 2570. The summed E-state index contributed by atoms with van der Waals surface area (Å²) in [5, 5.41) is 28.1. The van der Waals surface area contributed by atoms with Crippen LogP contribution in [0.2, 0.25) is 0 Å². The van der Waals surface area contributed by atoms with E-state index in [4.69, 9.17) is 0 Å². The Labute approximate surface area is 279 Å². The Morgan fingerprint density at radius 3 is 1.73 bits per heavy atom. The van der Waals surface area contributed by atoms with Crippen LogP contribution in [-0.4, -0.2) is 12.6 Å². The Balaban J connectivity index is 1.42. The molecule has 1 aromatic heterocycles. The van der Waals surface area contributed by atoms with E-state index >= 15 is 0 Å². The minimum atomic E-state index is -2.71. The molecule has 0 radical (unpaired) electrons. The smallest absolute Gasteiger partial charge is 0.180 e. The molecule has 9 rings (SSSR count). The first-order valence-electron chi connectivity index (χ1n) is 16.1. The predicted molar refractivity (Wildman–Crippen MR) is 198 cm³/mol. The zero-order chi connectivity index (χ0) is 32.2. The van der Waals surface area contributed by atoms with Crippen LogP contribution in [0.15, 0.2) is 164 Å². The molecule has 2 heterocycles. The Hall–Kier alpha value is -6.46. The number of benzene rings is 7. The van der Waals surface area contributed by atoms with Crippen LogP contribution in [0.25, 0.3) is 49.7 Å². The van der Waals surface area contributed by atoms with E-state index < -0.39 is 8.07 Å². The fraction of sp³-hybridized carbons (Fsp3) is 0. The summed E-state index contributed by atoms with van der Waals surface area (Å²) in [4.78, 5) is 0. The average molecular weight is 626 g/mol. The highest BCUT2D eigenvalue weighted by atomic mass is 28.3. The number of fused-ring (bicyclic) bond motifs is 6. The van der Waals surface area contributed by atoms with Gasteiger partial charge < -0.3 is 4.57 Å². The molecule has 0 fully saturated rings. The fourth-order valence-electron chi connectivity index (χ4n) is 8.09. The van der Waals surface area contributed by atoms with E-state index in [9.17, 15) is 10.5 Å². The lowest BCUT2D eigenvalue weighted by Crippen LogP contribution is -2.72. The van der Waals surface area contributed by atoms with E-state index in [1.54, 1.807) is 18.2 Å². The van der Waals surface area contributed by atoms with Crippen molar-refractivity contribution >= 4 is 50.6 Å². The first-order valence-corrected chi connectivity index (χ1v) is 18.1. The zero-order valence-electron chi connectivity index (χ0n) is 25.9. The summed E-state index contributed by atoms with van der Waals surface area (Å²) in [7, 11) is -2.71. The van der Waals surface area contributed by atoms with Crippen molar-refractivity contribution in [2.45, 2.75) is 0 Å². The number of para-hydroxylation sites is 2. The summed E-state index contributed by atoms with van der Waals surface area (Å²) >= 11 is 0. The number of rotatable bonds is 4. The Kier molecular flexibility index (Phi) is 6.27. The Morgan fingerprint density at radius 2 is 1.02 bits per heavy atom. The number of hydrogen-bond donors (Lipinski definition) is 0. The van der Waals surface area contributed by atoms with E-state index in [-0.39, 0.29) is 0 Å². The van der Waals surface area contributed by atoms with Crippen molar-refractivity contribution in [3.8, 4) is 40.1 Å². The molecule has 1 aliphatic heterocycles. The van der Waals surface area contributed by atoms with Gasteiger partial charge in [0.2, 0.25) is 0 Å². The molecule has 0 amide bonds. The number of aromatic nitrogens is 1. The van der Waals surface area contributed by atoms with Crippen molar-refractivity contribution in [1.82, 2.24) is 4.57 Å². The standard InChI is InChI=1S/C44H27N3Si/c45-28-30-13-11-14-31(29-46)43(30)39-22-12-21-38-35-19-7-9-23-40(35)47(44(38)39)32-25-26-37-36-20-8-10-24-41(36)48(42(37)27-32,33-15-3-1-4-16-33)34-17-5-2-6-18-34/h1-27H. The molecule has 4 heteroatoms. The van der Waals surface area contributed by atoms with Gasteiger partial charge in [0.1, 0.15) is 0 Å². The quantitative estimate of drug-likeness (QED) is 0.190. The van der Waals surface area contributed by atoms with Crippen LogP contribution in [-0.2, 0) is 0 Å². The number of nitriles is 2. The SMILES string of the molecule is N#Cc1cccc(C#N)c1-c1cccc2c3ccccc3n(-c3ccc4c(c3)[Si](c3ccccc3)(c3ccccc3)c3ccccc3-4)c12. The van der Waals surface area contributed by atoms with Gasteiger partial charge in [-0.1, -0.05) is 133 Å². The molecule has 222 valence electrons. The van der Waals surface area contributed by atoms with E-state index in [0.29, 0.717) is 16.7 Å². The van der Waals surface area contributed by atoms with E-state index in [1.807, 2.05) is 12.1 Å². The predicted octanol–water partition coefficient (Wildman–Crippen LogP) is 7.55. The maximum Gasteiger partial charge on any atom is 0.180 e. The van der Waals surface area contributed by atoms with Crippen LogP contribution in [0.4, 0.5) is 0 Å². The summed E-state index contributed by atoms with van der Waals surface area (Å²) in [5.41, 5.74) is 8.20. The van der Waals surface area contributed by atoms with Gasteiger partial charge in [0.15, 0.2) is 8.07 Å². The molecule has 0 N–H and O–H groups in total. The summed E-state index contributed by atoms with van der Waals surface area (Å²) in [6.07, 6.45) is 0. The highest BCUT2D eigenvalue weighted by Gasteiger charge is 2.48. The summed E-state index contributed by atoms with van der Waals surface area (Å²) in [6, 6.07) is 62.8. The number of hydrogen-bond acceptors (Lipinski definition) is 2. The summed E-state index contributed by atoms with van der Waals surface area (Å²) in [5.74, 6) is 0. The van der Waals surface area contributed by atoms with Crippen molar-refractivity contribution in [2.24, 2.45) is 0 Å². The molecule has 0 spiro atoms. The van der Waals surface area contributed by atoms with Crippen LogP contribution < -0.4 is 20.7 Å². The van der Waals surface area contributed by atoms with Gasteiger partial charge >= 0.3 is 0 Å². The van der Waals surface area contributed by atoms with Gasteiger partial charge in [-0.15, -0.1) is 0 Å². The molecule has 7 aromatic carbocycles.